The number of nitrogens with two attached hydrogens (primary N) is 1. The fourth-order valence-corrected chi connectivity index (χ4v) is 1.24. The second kappa shape index (κ2) is 4.14. The Bertz CT molecular complexity index is 432. The van der Waals surface area contributed by atoms with E-state index in [-0.39, 0.29) is 0 Å². The molecule has 2 heterocycles. The molecule has 15 heavy (non-hydrogen) atoms. The van der Waals surface area contributed by atoms with Gasteiger partial charge in [0.2, 0.25) is 0 Å². The molecule has 2 aromatic rings. The molecule has 0 fully saturated rings. The molecule has 0 bridgehead atoms. The fraction of sp³-hybridized carbons (Fsp3) is 0. The Morgan fingerprint density at radius 2 is 1.67 bits per heavy atom. The molecule has 0 saturated carbocycles. The van der Waals surface area contributed by atoms with Gasteiger partial charge in [0.15, 0.2) is 0 Å². The lowest BCUT2D eigenvalue weighted by Gasteiger charge is -2.04. The van der Waals surface area contributed by atoms with E-state index >= 15 is 0 Å². The van der Waals surface area contributed by atoms with E-state index in [9.17, 15) is 0 Å². The minimum atomic E-state index is 0.518. The molecular weight excluding hydrogens is 214 g/mol. The highest BCUT2D eigenvalue weighted by molar-refractivity contribution is 6.30. The van der Waals surface area contributed by atoms with E-state index in [0.29, 0.717) is 22.2 Å². The van der Waals surface area contributed by atoms with E-state index in [1.165, 1.54) is 6.20 Å². The van der Waals surface area contributed by atoms with Crippen LogP contribution >= 0.6 is 11.6 Å². The van der Waals surface area contributed by atoms with Gasteiger partial charge in [-0.1, -0.05) is 11.6 Å². The number of aromatic nitrogens is 2. The third-order valence-electron chi connectivity index (χ3n) is 1.65. The molecule has 4 nitrogen and oxygen atoms in total. The van der Waals surface area contributed by atoms with Crippen molar-refractivity contribution in [3.63, 3.8) is 0 Å². The maximum atomic E-state index is 5.76. The SMILES string of the molecule is Nc1cncc(Oc2cncc(Cl)c2)c1. The van der Waals surface area contributed by atoms with Crippen LogP contribution in [0.4, 0.5) is 5.69 Å². The molecule has 2 aromatic heterocycles. The van der Waals surface area contributed by atoms with Gasteiger partial charge >= 0.3 is 0 Å². The fourth-order valence-electron chi connectivity index (χ4n) is 1.08. The van der Waals surface area contributed by atoms with Gasteiger partial charge in [-0.25, -0.2) is 0 Å². The number of halogens is 1. The van der Waals surface area contributed by atoms with E-state index in [0.717, 1.165) is 0 Å². The van der Waals surface area contributed by atoms with Crippen molar-refractivity contribution in [1.29, 1.82) is 0 Å². The number of rotatable bonds is 2. The number of hydrogen-bond acceptors (Lipinski definition) is 4. The van der Waals surface area contributed by atoms with Gasteiger partial charge in [0.1, 0.15) is 11.5 Å². The lowest BCUT2D eigenvalue weighted by Crippen LogP contribution is -1.90. The predicted molar refractivity (Wildman–Crippen MR) is 58.0 cm³/mol. The standard InChI is InChI=1S/C10H8ClN3O/c11-7-1-9(5-13-3-7)15-10-2-8(12)4-14-6-10/h1-6H,12H2. The van der Waals surface area contributed by atoms with Gasteiger partial charge in [-0.3, -0.25) is 9.97 Å². The van der Waals surface area contributed by atoms with Crippen LogP contribution in [0.15, 0.2) is 36.9 Å². The van der Waals surface area contributed by atoms with E-state index in [1.54, 1.807) is 30.7 Å². The van der Waals surface area contributed by atoms with Crippen LogP contribution in [0.25, 0.3) is 0 Å². The van der Waals surface area contributed by atoms with Gasteiger partial charge in [0, 0.05) is 18.3 Å². The van der Waals surface area contributed by atoms with Crippen LogP contribution in [0, 0.1) is 0 Å². The quantitative estimate of drug-likeness (QED) is 0.847. The van der Waals surface area contributed by atoms with Crippen molar-refractivity contribution in [2.75, 3.05) is 5.73 Å². The number of ether oxygens (including phenoxy) is 1. The maximum absolute atomic E-state index is 5.76. The van der Waals surface area contributed by atoms with Gasteiger partial charge in [-0.05, 0) is 0 Å². The molecule has 0 aromatic carbocycles. The minimum absolute atomic E-state index is 0.518. The smallest absolute Gasteiger partial charge is 0.147 e. The summed E-state index contributed by atoms with van der Waals surface area (Å²) >= 11 is 5.76. The summed E-state index contributed by atoms with van der Waals surface area (Å²) in [5.74, 6) is 1.11. The second-order valence-electron chi connectivity index (χ2n) is 2.89. The second-order valence-corrected chi connectivity index (χ2v) is 3.33. The molecule has 0 aliphatic rings. The average molecular weight is 222 g/mol. The Morgan fingerprint density at radius 3 is 2.33 bits per heavy atom. The lowest BCUT2D eigenvalue weighted by molar-refractivity contribution is 0.478. The highest BCUT2D eigenvalue weighted by atomic mass is 35.5. The van der Waals surface area contributed by atoms with Crippen molar-refractivity contribution in [3.8, 4) is 11.5 Å². The zero-order valence-electron chi connectivity index (χ0n) is 7.72. The summed E-state index contributed by atoms with van der Waals surface area (Å²) in [6, 6.07) is 3.34. The first-order valence-electron chi connectivity index (χ1n) is 4.23. The van der Waals surface area contributed by atoms with Gasteiger partial charge in [-0.15, -0.1) is 0 Å². The summed E-state index contributed by atoms with van der Waals surface area (Å²) in [4.78, 5) is 7.79. The van der Waals surface area contributed by atoms with Crippen molar-refractivity contribution in [2.24, 2.45) is 0 Å². The number of nitrogen functional groups attached to an aromatic ring is 1. The summed E-state index contributed by atoms with van der Waals surface area (Å²) in [6.07, 6.45) is 6.21. The highest BCUT2D eigenvalue weighted by Crippen LogP contribution is 2.23. The topological polar surface area (TPSA) is 61.0 Å². The van der Waals surface area contributed by atoms with Crippen molar-refractivity contribution < 1.29 is 4.74 Å². The number of pyridine rings is 2. The van der Waals surface area contributed by atoms with Gasteiger partial charge in [-0.2, -0.15) is 0 Å². The molecule has 0 spiro atoms. The summed E-state index contributed by atoms with van der Waals surface area (Å²) in [7, 11) is 0. The molecule has 0 radical (unpaired) electrons. The summed E-state index contributed by atoms with van der Waals surface area (Å²) in [6.45, 7) is 0. The maximum Gasteiger partial charge on any atom is 0.147 e. The highest BCUT2D eigenvalue weighted by Gasteiger charge is 1.99. The molecule has 5 heteroatoms. The summed E-state index contributed by atoms with van der Waals surface area (Å²) < 4.78 is 5.45. The Labute approximate surface area is 91.7 Å². The Kier molecular flexibility index (Phi) is 2.69. The first-order valence-corrected chi connectivity index (χ1v) is 4.61. The third-order valence-corrected chi connectivity index (χ3v) is 1.86. The zero-order valence-corrected chi connectivity index (χ0v) is 8.48. The van der Waals surface area contributed by atoms with E-state index in [1.807, 2.05) is 0 Å². The molecule has 0 aliphatic heterocycles. The predicted octanol–water partition coefficient (Wildman–Crippen LogP) is 2.50. The van der Waals surface area contributed by atoms with E-state index < -0.39 is 0 Å². The Balaban J connectivity index is 2.22. The van der Waals surface area contributed by atoms with Crippen LogP contribution in [0.3, 0.4) is 0 Å². The molecular formula is C10H8ClN3O. The van der Waals surface area contributed by atoms with E-state index in [2.05, 4.69) is 9.97 Å². The normalized spacial score (nSPS) is 9.93. The first kappa shape index (κ1) is 9.73. The molecule has 2 N–H and O–H groups in total. The van der Waals surface area contributed by atoms with Crippen LogP contribution < -0.4 is 10.5 Å². The summed E-state index contributed by atoms with van der Waals surface area (Å²) in [5.41, 5.74) is 6.10. The van der Waals surface area contributed by atoms with Crippen LogP contribution in [0.5, 0.6) is 11.5 Å². The van der Waals surface area contributed by atoms with Crippen LogP contribution in [-0.4, -0.2) is 9.97 Å². The molecule has 0 atom stereocenters. The zero-order chi connectivity index (χ0) is 10.7. The molecule has 0 unspecified atom stereocenters. The van der Waals surface area contributed by atoms with Crippen LogP contribution in [0.1, 0.15) is 0 Å². The van der Waals surface area contributed by atoms with Gasteiger partial charge < -0.3 is 10.5 Å². The molecule has 2 rings (SSSR count). The Morgan fingerprint density at radius 1 is 1.00 bits per heavy atom. The first-order chi connectivity index (χ1) is 7.24. The molecule has 0 amide bonds. The van der Waals surface area contributed by atoms with Crippen molar-refractivity contribution in [3.05, 3.63) is 41.9 Å². The van der Waals surface area contributed by atoms with Crippen LogP contribution in [-0.2, 0) is 0 Å². The summed E-state index contributed by atoms with van der Waals surface area (Å²) in [5, 5.41) is 0.518. The van der Waals surface area contributed by atoms with Crippen molar-refractivity contribution in [1.82, 2.24) is 9.97 Å². The molecule has 0 aliphatic carbocycles. The third kappa shape index (κ3) is 2.57. The Hall–Kier alpha value is -1.81. The van der Waals surface area contributed by atoms with Gasteiger partial charge in [0.25, 0.3) is 0 Å². The van der Waals surface area contributed by atoms with Crippen molar-refractivity contribution in [2.45, 2.75) is 0 Å². The minimum Gasteiger partial charge on any atom is -0.454 e. The molecule has 0 saturated heterocycles. The number of nitrogens with zero attached hydrogens (tertiary/aromatic N) is 2. The monoisotopic (exact) mass is 221 g/mol. The molecule has 76 valence electrons. The average Bonchev–Trinajstić information content (AvgIpc) is 2.17. The van der Waals surface area contributed by atoms with E-state index in [4.69, 9.17) is 22.1 Å². The van der Waals surface area contributed by atoms with Crippen LogP contribution in [0.2, 0.25) is 5.02 Å². The van der Waals surface area contributed by atoms with Gasteiger partial charge in [0.05, 0.1) is 29.3 Å². The largest absolute Gasteiger partial charge is 0.454 e. The van der Waals surface area contributed by atoms with Crippen molar-refractivity contribution >= 4 is 17.3 Å². The lowest BCUT2D eigenvalue weighted by atomic mass is 10.4. The number of anilines is 1. The number of hydrogen-bond donors (Lipinski definition) is 1.